The average molecular weight is 682 g/mol. The number of halogens is 2. The first-order chi connectivity index (χ1) is 22.1. The maximum Gasteiger partial charge on any atom is 0.338 e. The summed E-state index contributed by atoms with van der Waals surface area (Å²) in [7, 11) is 0. The molecule has 240 valence electrons. The Hall–Kier alpha value is -4.05. The van der Waals surface area contributed by atoms with Gasteiger partial charge < -0.3 is 18.9 Å². The maximum absolute atomic E-state index is 14.1. The van der Waals surface area contributed by atoms with Crippen LogP contribution in [-0.2, 0) is 16.1 Å². The molecule has 0 amide bonds. The van der Waals surface area contributed by atoms with E-state index in [0.29, 0.717) is 61.1 Å². The lowest BCUT2D eigenvalue weighted by Gasteiger charge is -2.25. The van der Waals surface area contributed by atoms with Gasteiger partial charge in [-0.2, -0.15) is 0 Å². The molecule has 0 aliphatic carbocycles. The molecule has 0 saturated carbocycles. The van der Waals surface area contributed by atoms with Crippen LogP contribution in [0.5, 0.6) is 17.2 Å². The molecule has 4 aromatic rings. The zero-order chi connectivity index (χ0) is 33.0. The number of fused-ring (bicyclic) bond motifs is 1. The Balaban J connectivity index is 1.54. The van der Waals surface area contributed by atoms with Gasteiger partial charge in [-0.05, 0) is 88.2 Å². The maximum atomic E-state index is 14.1. The van der Waals surface area contributed by atoms with E-state index in [1.54, 1.807) is 49.6 Å². The molecule has 0 fully saturated rings. The molecule has 1 aliphatic heterocycles. The summed E-state index contributed by atoms with van der Waals surface area (Å²) in [6.45, 7) is 10.3. The first kappa shape index (κ1) is 33.3. The number of rotatable bonds is 11. The molecule has 3 aromatic carbocycles. The normalized spacial score (nSPS) is 14.6. The van der Waals surface area contributed by atoms with Gasteiger partial charge in [0.25, 0.3) is 5.56 Å². The number of carbonyl (C=O) groups is 1. The second-order valence-electron chi connectivity index (χ2n) is 10.7. The molecule has 0 N–H and O–H groups in total. The smallest absolute Gasteiger partial charge is 0.338 e. The minimum Gasteiger partial charge on any atom is -0.494 e. The van der Waals surface area contributed by atoms with Gasteiger partial charge in [-0.1, -0.05) is 58.8 Å². The molecule has 1 aromatic heterocycles. The van der Waals surface area contributed by atoms with Crippen molar-refractivity contribution in [3.8, 4) is 17.2 Å². The van der Waals surface area contributed by atoms with Crippen LogP contribution in [0.1, 0.15) is 57.4 Å². The zero-order valence-electron chi connectivity index (χ0n) is 26.1. The Bertz CT molecular complexity index is 1960. The van der Waals surface area contributed by atoms with E-state index in [0.717, 1.165) is 16.7 Å². The van der Waals surface area contributed by atoms with Crippen molar-refractivity contribution in [1.82, 2.24) is 4.57 Å². The largest absolute Gasteiger partial charge is 0.494 e. The van der Waals surface area contributed by atoms with Gasteiger partial charge in [-0.25, -0.2) is 9.79 Å². The highest BCUT2D eigenvalue weighted by atomic mass is 35.5. The van der Waals surface area contributed by atoms with Gasteiger partial charge in [0.15, 0.2) is 16.3 Å². The summed E-state index contributed by atoms with van der Waals surface area (Å²) < 4.78 is 25.2. The molecule has 8 nitrogen and oxygen atoms in total. The van der Waals surface area contributed by atoms with Crippen LogP contribution in [0.2, 0.25) is 10.0 Å². The minimum absolute atomic E-state index is 0.223. The van der Waals surface area contributed by atoms with Gasteiger partial charge in [-0.15, -0.1) is 0 Å². The third-order valence-corrected chi connectivity index (χ3v) is 8.62. The standard InChI is InChI=1S/C35H34Cl2N2O6S/c1-6-42-26-13-10-23(11-14-26)32-31(34(41)45-20(3)4)21(5)38-35-39(32)33(40)30(46-35)17-22-8-15-28(29(16-22)43-7-2)44-19-24-9-12-25(36)18-27(24)37/h8-18,20,32H,6-7,19H2,1-5H3/b30-17+/t32-/m0/s1. The van der Waals surface area contributed by atoms with E-state index >= 15 is 0 Å². The molecule has 2 heterocycles. The van der Waals surface area contributed by atoms with E-state index in [1.165, 1.54) is 11.3 Å². The van der Waals surface area contributed by atoms with E-state index in [2.05, 4.69) is 4.99 Å². The number of hydrogen-bond acceptors (Lipinski definition) is 8. The molecule has 0 bridgehead atoms. The van der Waals surface area contributed by atoms with E-state index in [1.807, 2.05) is 56.3 Å². The highest BCUT2D eigenvalue weighted by molar-refractivity contribution is 7.07. The summed E-state index contributed by atoms with van der Waals surface area (Å²) in [6.07, 6.45) is 1.44. The fourth-order valence-electron chi connectivity index (χ4n) is 5.04. The van der Waals surface area contributed by atoms with Gasteiger partial charge in [0, 0.05) is 15.6 Å². The summed E-state index contributed by atoms with van der Waals surface area (Å²) >= 11 is 13.6. The molecule has 5 rings (SSSR count). The third-order valence-electron chi connectivity index (χ3n) is 7.05. The Labute approximate surface area is 281 Å². The van der Waals surface area contributed by atoms with Crippen LogP contribution >= 0.6 is 34.5 Å². The summed E-state index contributed by atoms with van der Waals surface area (Å²) in [6, 6.07) is 17.4. The summed E-state index contributed by atoms with van der Waals surface area (Å²) in [5, 5.41) is 1.06. The van der Waals surface area contributed by atoms with Crippen LogP contribution in [0.25, 0.3) is 6.08 Å². The van der Waals surface area contributed by atoms with Crippen molar-refractivity contribution >= 4 is 46.6 Å². The second kappa shape index (κ2) is 14.6. The Morgan fingerprint density at radius 1 is 0.978 bits per heavy atom. The van der Waals surface area contributed by atoms with Crippen molar-refractivity contribution in [2.45, 2.75) is 53.4 Å². The van der Waals surface area contributed by atoms with Crippen LogP contribution in [0.4, 0.5) is 0 Å². The van der Waals surface area contributed by atoms with E-state index < -0.39 is 12.0 Å². The first-order valence-electron chi connectivity index (χ1n) is 14.9. The number of esters is 1. The third kappa shape index (κ3) is 7.33. The lowest BCUT2D eigenvalue weighted by molar-refractivity contribution is -0.143. The SMILES string of the molecule is CCOc1ccc([C@H]2C(C(=O)OC(C)C)=C(C)N=c3s/c(=C/c4ccc(OCc5ccc(Cl)cc5Cl)c(OCC)c4)c(=O)n32)cc1. The summed E-state index contributed by atoms with van der Waals surface area (Å²) in [5.74, 6) is 1.24. The van der Waals surface area contributed by atoms with Crippen molar-refractivity contribution in [1.29, 1.82) is 0 Å². The number of ether oxygens (including phenoxy) is 4. The highest BCUT2D eigenvalue weighted by Crippen LogP contribution is 2.33. The Morgan fingerprint density at radius 2 is 1.72 bits per heavy atom. The number of allylic oxidation sites excluding steroid dienone is 1. The number of thiazole rings is 1. The van der Waals surface area contributed by atoms with Crippen molar-refractivity contribution in [2.24, 2.45) is 4.99 Å². The van der Waals surface area contributed by atoms with Crippen molar-refractivity contribution in [3.63, 3.8) is 0 Å². The van der Waals surface area contributed by atoms with Crippen molar-refractivity contribution in [2.75, 3.05) is 13.2 Å². The summed E-state index contributed by atoms with van der Waals surface area (Å²) in [5.41, 5.74) is 2.80. The molecular weight excluding hydrogens is 647 g/mol. The van der Waals surface area contributed by atoms with Gasteiger partial charge in [-0.3, -0.25) is 9.36 Å². The predicted octanol–water partition coefficient (Wildman–Crippen LogP) is 6.87. The minimum atomic E-state index is -0.727. The topological polar surface area (TPSA) is 88.4 Å². The van der Waals surface area contributed by atoms with Crippen LogP contribution < -0.4 is 29.1 Å². The Kier molecular flexibility index (Phi) is 10.6. The van der Waals surface area contributed by atoms with E-state index in [4.69, 9.17) is 42.1 Å². The number of aromatic nitrogens is 1. The number of carbonyl (C=O) groups excluding carboxylic acids is 1. The van der Waals surface area contributed by atoms with Gasteiger partial charge in [0.2, 0.25) is 0 Å². The molecule has 0 unspecified atom stereocenters. The molecule has 46 heavy (non-hydrogen) atoms. The van der Waals surface area contributed by atoms with Crippen LogP contribution in [0, 0.1) is 0 Å². The molecule has 11 heteroatoms. The first-order valence-corrected chi connectivity index (χ1v) is 16.5. The molecule has 1 aliphatic rings. The van der Waals surface area contributed by atoms with E-state index in [-0.39, 0.29) is 18.3 Å². The predicted molar refractivity (Wildman–Crippen MR) is 181 cm³/mol. The molecule has 0 saturated heterocycles. The molecule has 0 spiro atoms. The van der Waals surface area contributed by atoms with Crippen LogP contribution in [0.3, 0.4) is 0 Å². The lowest BCUT2D eigenvalue weighted by Crippen LogP contribution is -2.40. The number of nitrogens with zero attached hydrogens (tertiary/aromatic N) is 2. The van der Waals surface area contributed by atoms with E-state index in [9.17, 15) is 9.59 Å². The van der Waals surface area contributed by atoms with Gasteiger partial charge >= 0.3 is 5.97 Å². The fraction of sp³-hybridized carbons (Fsp3) is 0.286. The van der Waals surface area contributed by atoms with Crippen LogP contribution in [0.15, 0.2) is 81.7 Å². The average Bonchev–Trinajstić information content (AvgIpc) is 3.31. The quantitative estimate of drug-likeness (QED) is 0.161. The van der Waals surface area contributed by atoms with Crippen molar-refractivity contribution in [3.05, 3.63) is 118 Å². The Morgan fingerprint density at radius 3 is 2.39 bits per heavy atom. The molecule has 0 radical (unpaired) electrons. The monoisotopic (exact) mass is 680 g/mol. The summed E-state index contributed by atoms with van der Waals surface area (Å²) in [4.78, 5) is 32.6. The van der Waals surface area contributed by atoms with Gasteiger partial charge in [0.1, 0.15) is 12.4 Å². The molecule has 1 atom stereocenters. The highest BCUT2D eigenvalue weighted by Gasteiger charge is 2.33. The molecular formula is C35H34Cl2N2O6S. The van der Waals surface area contributed by atoms with Gasteiger partial charge in [0.05, 0.1) is 41.2 Å². The van der Waals surface area contributed by atoms with Crippen molar-refractivity contribution < 1.29 is 23.7 Å². The van der Waals surface area contributed by atoms with Crippen LogP contribution in [-0.4, -0.2) is 29.9 Å². The second-order valence-corrected chi connectivity index (χ2v) is 12.6. The fourth-order valence-corrected chi connectivity index (χ4v) is 6.55. The zero-order valence-corrected chi connectivity index (χ0v) is 28.5. The number of benzene rings is 3. The number of hydrogen-bond donors (Lipinski definition) is 0. The lowest BCUT2D eigenvalue weighted by atomic mass is 9.96.